The van der Waals surface area contributed by atoms with Gasteiger partial charge in [-0.25, -0.2) is 14.4 Å². The molecule has 0 bridgehead atoms. The summed E-state index contributed by atoms with van der Waals surface area (Å²) in [5, 5.41) is 3.50. The van der Waals surface area contributed by atoms with E-state index >= 15 is 0 Å². The van der Waals surface area contributed by atoms with Gasteiger partial charge >= 0.3 is 0 Å². The molecule has 1 amide bonds. The quantitative estimate of drug-likeness (QED) is 0.447. The van der Waals surface area contributed by atoms with Crippen molar-refractivity contribution in [3.63, 3.8) is 0 Å². The van der Waals surface area contributed by atoms with Crippen LogP contribution in [0.1, 0.15) is 40.5 Å². The summed E-state index contributed by atoms with van der Waals surface area (Å²) in [7, 11) is 0. The Kier molecular flexibility index (Phi) is 8.76. The number of alkyl halides is 1. The average Bonchev–Trinajstić information content (AvgIpc) is 3.30. The Morgan fingerprint density at radius 2 is 2.24 bits per heavy atom. The molecule has 0 saturated carbocycles. The monoisotopic (exact) mass is 474 g/mol. The van der Waals surface area contributed by atoms with Gasteiger partial charge in [0.2, 0.25) is 5.95 Å². The molecule has 1 aliphatic rings. The number of nitrogens with zero attached hydrogens (tertiary/aromatic N) is 2. The zero-order valence-electron chi connectivity index (χ0n) is 18.4. The van der Waals surface area contributed by atoms with Crippen molar-refractivity contribution in [1.29, 1.82) is 0 Å². The first kappa shape index (κ1) is 24.6. The Balaban J connectivity index is 0.000000374. The highest BCUT2D eigenvalue weighted by atomic mass is 35.5. The van der Waals surface area contributed by atoms with Gasteiger partial charge in [0, 0.05) is 36.1 Å². The van der Waals surface area contributed by atoms with Crippen molar-refractivity contribution < 1.29 is 13.9 Å². The lowest BCUT2D eigenvalue weighted by molar-refractivity contribution is 0.0366. The maximum atomic E-state index is 12.6. The van der Waals surface area contributed by atoms with Gasteiger partial charge < -0.3 is 26.5 Å². The molecule has 10 heteroatoms. The van der Waals surface area contributed by atoms with E-state index in [-0.39, 0.29) is 24.4 Å². The van der Waals surface area contributed by atoms with E-state index in [0.717, 1.165) is 29.7 Å². The van der Waals surface area contributed by atoms with Crippen molar-refractivity contribution in [3.8, 4) is 11.3 Å². The number of aromatic amines is 1. The zero-order chi connectivity index (χ0) is 23.8. The minimum Gasteiger partial charge on any atom is -0.378 e. The fourth-order valence-electron chi connectivity index (χ4n) is 3.35. The van der Waals surface area contributed by atoms with Crippen molar-refractivity contribution in [2.24, 2.45) is 5.73 Å². The highest BCUT2D eigenvalue weighted by Gasteiger charge is 2.17. The molecule has 1 aromatic carbocycles. The van der Waals surface area contributed by atoms with Gasteiger partial charge in [-0.2, -0.15) is 0 Å². The summed E-state index contributed by atoms with van der Waals surface area (Å²) < 4.78 is 16.9. The number of ether oxygens (including phenoxy) is 1. The van der Waals surface area contributed by atoms with Crippen LogP contribution in [0.5, 0.6) is 0 Å². The molecule has 3 aromatic rings. The summed E-state index contributed by atoms with van der Waals surface area (Å²) >= 11 is 6.02. The summed E-state index contributed by atoms with van der Waals surface area (Å²) in [6, 6.07) is 8.62. The number of hydrogen-bond acceptors (Lipinski definition) is 6. The highest BCUT2D eigenvalue weighted by molar-refractivity contribution is 6.30. The predicted molar refractivity (Wildman–Crippen MR) is 127 cm³/mol. The molecule has 1 fully saturated rings. The lowest BCUT2D eigenvalue weighted by Gasteiger charge is -2.17. The van der Waals surface area contributed by atoms with Crippen LogP contribution in [-0.4, -0.2) is 46.8 Å². The number of hydrogen-bond donors (Lipinski definition) is 4. The summed E-state index contributed by atoms with van der Waals surface area (Å²) in [6.07, 6.45) is 4.25. The van der Waals surface area contributed by atoms with Crippen LogP contribution < -0.4 is 16.8 Å². The van der Waals surface area contributed by atoms with Crippen molar-refractivity contribution in [2.75, 3.05) is 25.5 Å². The van der Waals surface area contributed by atoms with Crippen LogP contribution >= 0.6 is 11.6 Å². The van der Waals surface area contributed by atoms with Gasteiger partial charge in [0.15, 0.2) is 0 Å². The van der Waals surface area contributed by atoms with Crippen LogP contribution in [0, 0.1) is 6.92 Å². The number of carbonyl (C=O) groups excluding carboxylic acids is 1. The summed E-state index contributed by atoms with van der Waals surface area (Å²) in [5.41, 5.74) is 15.0. The second-order valence-corrected chi connectivity index (χ2v) is 8.13. The fourth-order valence-corrected chi connectivity index (χ4v) is 3.55. The number of rotatable bonds is 5. The second kappa shape index (κ2) is 11.7. The predicted octanol–water partition coefficient (Wildman–Crippen LogP) is 3.58. The smallest absolute Gasteiger partial charge is 0.268 e. The van der Waals surface area contributed by atoms with Crippen LogP contribution in [0.25, 0.3) is 11.3 Å². The third kappa shape index (κ3) is 6.98. The SMILES string of the molecule is Cc1cnc(N)nc1-c1c[nH]c(C(=O)NC(CN)c2cccc(Cl)c2)c1.FC1CCCOC1. The number of aryl methyl sites for hydroxylation is 1. The molecule has 176 valence electrons. The summed E-state index contributed by atoms with van der Waals surface area (Å²) in [6.45, 7) is 3.20. The zero-order valence-corrected chi connectivity index (χ0v) is 19.1. The normalized spacial score (nSPS) is 16.4. The molecule has 0 spiro atoms. The molecule has 3 heterocycles. The standard InChI is InChI=1S/C18H19ClN6O.C5H9FO/c1-10-8-23-18(21)25-16(10)12-6-14(22-9-12)17(26)24-15(7-20)11-3-2-4-13(19)5-11;6-5-2-1-3-7-4-5/h2-6,8-9,15,22H,7,20H2,1H3,(H,24,26)(H2,21,23,25);5H,1-4H2. The van der Waals surface area contributed by atoms with Crippen LogP contribution in [0.15, 0.2) is 42.7 Å². The lowest BCUT2D eigenvalue weighted by Crippen LogP contribution is -2.33. The number of nitrogen functional groups attached to an aromatic ring is 1. The third-order valence-corrected chi connectivity index (χ3v) is 5.32. The number of carbonyl (C=O) groups is 1. The number of amides is 1. The van der Waals surface area contributed by atoms with Gasteiger partial charge in [-0.3, -0.25) is 4.79 Å². The van der Waals surface area contributed by atoms with Gasteiger partial charge in [0.05, 0.1) is 18.3 Å². The first-order valence-electron chi connectivity index (χ1n) is 10.6. The molecule has 2 aromatic heterocycles. The van der Waals surface area contributed by atoms with Crippen molar-refractivity contribution in [3.05, 3.63) is 64.6 Å². The minimum atomic E-state index is -0.686. The van der Waals surface area contributed by atoms with Crippen LogP contribution in [-0.2, 0) is 4.74 Å². The van der Waals surface area contributed by atoms with E-state index in [1.807, 2.05) is 19.1 Å². The maximum absolute atomic E-state index is 12.6. The first-order valence-corrected chi connectivity index (χ1v) is 11.0. The largest absolute Gasteiger partial charge is 0.378 e. The number of nitrogens with one attached hydrogen (secondary N) is 2. The Labute approximate surface area is 196 Å². The Morgan fingerprint density at radius 1 is 1.42 bits per heavy atom. The number of halogens is 2. The number of H-pyrrole nitrogens is 1. The van der Waals surface area contributed by atoms with Crippen LogP contribution in [0.4, 0.5) is 10.3 Å². The molecule has 0 radical (unpaired) electrons. The fraction of sp³-hybridized carbons (Fsp3) is 0.348. The minimum absolute atomic E-state index is 0.182. The van der Waals surface area contributed by atoms with Gasteiger partial charge in [-0.1, -0.05) is 23.7 Å². The summed E-state index contributed by atoms with van der Waals surface area (Å²) in [5.74, 6) is -0.0895. The molecule has 4 rings (SSSR count). The Morgan fingerprint density at radius 3 is 2.88 bits per heavy atom. The molecule has 0 aliphatic carbocycles. The third-order valence-electron chi connectivity index (χ3n) is 5.09. The lowest BCUT2D eigenvalue weighted by atomic mass is 10.1. The molecule has 6 N–H and O–H groups in total. The van der Waals surface area contributed by atoms with Crippen molar-refractivity contribution in [2.45, 2.75) is 32.0 Å². The van der Waals surface area contributed by atoms with Crippen molar-refractivity contribution in [1.82, 2.24) is 20.3 Å². The molecule has 8 nitrogen and oxygen atoms in total. The van der Waals surface area contributed by atoms with Gasteiger partial charge in [-0.05, 0) is 49.1 Å². The topological polar surface area (TPSA) is 132 Å². The maximum Gasteiger partial charge on any atom is 0.268 e. The van der Waals surface area contributed by atoms with Crippen molar-refractivity contribution >= 4 is 23.5 Å². The number of benzene rings is 1. The molecule has 1 aliphatic heterocycles. The van der Waals surface area contributed by atoms with E-state index < -0.39 is 6.17 Å². The van der Waals surface area contributed by atoms with E-state index in [1.54, 1.807) is 30.6 Å². The number of anilines is 1. The van der Waals surface area contributed by atoms with E-state index in [0.29, 0.717) is 29.4 Å². The van der Waals surface area contributed by atoms with Crippen LogP contribution in [0.2, 0.25) is 5.02 Å². The highest BCUT2D eigenvalue weighted by Crippen LogP contribution is 2.23. The van der Waals surface area contributed by atoms with E-state index in [1.165, 1.54) is 0 Å². The first-order chi connectivity index (χ1) is 15.9. The molecule has 2 unspecified atom stereocenters. The number of aromatic nitrogens is 3. The van der Waals surface area contributed by atoms with E-state index in [9.17, 15) is 9.18 Å². The van der Waals surface area contributed by atoms with E-state index in [2.05, 4.69) is 20.3 Å². The molecule has 2 atom stereocenters. The molecule has 1 saturated heterocycles. The van der Waals surface area contributed by atoms with E-state index in [4.69, 9.17) is 27.8 Å². The van der Waals surface area contributed by atoms with Gasteiger partial charge in [0.1, 0.15) is 11.9 Å². The molecular formula is C23H28ClFN6O2. The Hall–Kier alpha value is -3.01. The van der Waals surface area contributed by atoms with Gasteiger partial charge in [0.25, 0.3) is 5.91 Å². The van der Waals surface area contributed by atoms with Gasteiger partial charge in [-0.15, -0.1) is 0 Å². The number of nitrogens with two attached hydrogens (primary N) is 2. The van der Waals surface area contributed by atoms with Crippen LogP contribution in [0.3, 0.4) is 0 Å². The Bertz CT molecular complexity index is 1070. The second-order valence-electron chi connectivity index (χ2n) is 7.69. The summed E-state index contributed by atoms with van der Waals surface area (Å²) in [4.78, 5) is 23.7. The average molecular weight is 475 g/mol. The molecular weight excluding hydrogens is 447 g/mol. The molecule has 33 heavy (non-hydrogen) atoms.